The average Bonchev–Trinajstić information content (AvgIpc) is 4.02. The van der Waals surface area contributed by atoms with Crippen molar-refractivity contribution in [1.29, 1.82) is 0 Å². The summed E-state index contributed by atoms with van der Waals surface area (Å²) in [6, 6.07) is 99.0. The maximum atomic E-state index is 2.48. The van der Waals surface area contributed by atoms with E-state index in [1.54, 1.807) is 0 Å². The van der Waals surface area contributed by atoms with Crippen molar-refractivity contribution in [3.63, 3.8) is 0 Å². The average molecular weight is 919 g/mol. The summed E-state index contributed by atoms with van der Waals surface area (Å²) >= 11 is 0. The topological polar surface area (TPSA) is 8.17 Å². The summed E-state index contributed by atoms with van der Waals surface area (Å²) in [4.78, 5) is 2.47. The highest BCUT2D eigenvalue weighted by molar-refractivity contribution is 6.10. The second-order valence-corrected chi connectivity index (χ2v) is 20.0. The minimum Gasteiger partial charge on any atom is -0.310 e. The van der Waals surface area contributed by atoms with Crippen molar-refractivity contribution in [3.8, 4) is 50.2 Å². The summed E-state index contributed by atoms with van der Waals surface area (Å²) in [5.74, 6) is 0. The lowest BCUT2D eigenvalue weighted by Gasteiger charge is -2.35. The Labute approximate surface area is 421 Å². The van der Waals surface area contributed by atoms with Gasteiger partial charge in [0.05, 0.1) is 16.4 Å². The Morgan fingerprint density at radius 3 is 1.40 bits per heavy atom. The third-order valence-corrected chi connectivity index (χ3v) is 15.9. The highest BCUT2D eigenvalue weighted by atomic mass is 15.1. The summed E-state index contributed by atoms with van der Waals surface area (Å²) in [5.41, 5.74) is 24.0. The zero-order valence-electron chi connectivity index (χ0n) is 40.3. The van der Waals surface area contributed by atoms with Gasteiger partial charge in [-0.05, 0) is 139 Å². The van der Waals surface area contributed by atoms with E-state index >= 15 is 0 Å². The summed E-state index contributed by atoms with van der Waals surface area (Å²) in [6.07, 6.45) is 0. The van der Waals surface area contributed by atoms with E-state index < -0.39 is 5.41 Å². The Hall–Kier alpha value is -8.98. The summed E-state index contributed by atoms with van der Waals surface area (Å²) < 4.78 is 2.39. The first-order chi connectivity index (χ1) is 35.5. The fourth-order valence-electron chi connectivity index (χ4n) is 12.5. The molecule has 0 aliphatic heterocycles. The van der Waals surface area contributed by atoms with E-state index in [1.165, 1.54) is 99.7 Å². The smallest absolute Gasteiger partial charge is 0.0714 e. The Morgan fingerprint density at radius 2 is 0.750 bits per heavy atom. The van der Waals surface area contributed by atoms with Gasteiger partial charge in [0, 0.05) is 38.9 Å². The standard InChI is InChI=1S/C70H50N2/c1-69(2)63-27-15-12-24-57(63)59-42-39-55(45-65(59)69)71(56-40-43-60-58-25-13-16-28-64(58)70(66(60)46-56,51-18-6-3-7-19-51)52-20-8-4-9-21-52)54-37-34-48(35-38-54)47-30-32-49(33-31-47)50-36-41-62-61-26-14-17-29-67(61)72(68(62)44-50)53-22-10-5-11-23-53/h3-46H,1-2H3. The van der Waals surface area contributed by atoms with Crippen LogP contribution in [0, 0.1) is 0 Å². The number of benzene rings is 11. The minimum absolute atomic E-state index is 0.148. The van der Waals surface area contributed by atoms with Crippen molar-refractivity contribution in [1.82, 2.24) is 4.57 Å². The monoisotopic (exact) mass is 918 g/mol. The molecule has 0 unspecified atom stereocenters. The molecular formula is C70H50N2. The van der Waals surface area contributed by atoms with Gasteiger partial charge >= 0.3 is 0 Å². The van der Waals surface area contributed by atoms with Crippen LogP contribution in [0.3, 0.4) is 0 Å². The summed E-state index contributed by atoms with van der Waals surface area (Å²) in [7, 11) is 0. The van der Waals surface area contributed by atoms with Gasteiger partial charge in [-0.15, -0.1) is 0 Å². The highest BCUT2D eigenvalue weighted by Crippen LogP contribution is 2.58. The van der Waals surface area contributed by atoms with Crippen LogP contribution < -0.4 is 4.90 Å². The molecule has 1 heterocycles. The van der Waals surface area contributed by atoms with Gasteiger partial charge < -0.3 is 9.47 Å². The van der Waals surface area contributed by atoms with Gasteiger partial charge in [-0.3, -0.25) is 0 Å². The predicted molar refractivity (Wildman–Crippen MR) is 301 cm³/mol. The molecule has 0 fully saturated rings. The number of hydrogen-bond acceptors (Lipinski definition) is 1. The van der Waals surface area contributed by atoms with E-state index in [0.29, 0.717) is 0 Å². The molecule has 72 heavy (non-hydrogen) atoms. The fourth-order valence-corrected chi connectivity index (χ4v) is 12.5. The molecule has 2 heteroatoms. The molecule has 2 aliphatic carbocycles. The molecular weight excluding hydrogens is 869 g/mol. The Kier molecular flexibility index (Phi) is 9.50. The molecule has 0 spiro atoms. The molecule has 0 bridgehead atoms. The first-order valence-corrected chi connectivity index (χ1v) is 25.2. The zero-order valence-corrected chi connectivity index (χ0v) is 40.3. The number of nitrogens with zero attached hydrogens (tertiary/aromatic N) is 2. The quantitative estimate of drug-likeness (QED) is 0.147. The van der Waals surface area contributed by atoms with E-state index in [-0.39, 0.29) is 5.41 Å². The number of anilines is 3. The lowest BCUT2D eigenvalue weighted by atomic mass is 9.67. The SMILES string of the molecule is CC1(C)c2ccccc2-c2ccc(N(c3ccc(-c4ccc(-c5ccc6c7ccccc7n(-c7ccccc7)c6c5)cc4)cc3)c3ccc4c(c3)C(c3ccccc3)(c3ccccc3)c3ccccc3-4)cc21. The number of fused-ring (bicyclic) bond motifs is 9. The van der Waals surface area contributed by atoms with Crippen LogP contribution in [0.1, 0.15) is 47.2 Å². The van der Waals surface area contributed by atoms with Gasteiger partial charge in [-0.2, -0.15) is 0 Å². The molecule has 0 saturated heterocycles. The van der Waals surface area contributed by atoms with E-state index in [2.05, 4.69) is 290 Å². The van der Waals surface area contributed by atoms with Crippen molar-refractivity contribution in [3.05, 3.63) is 300 Å². The van der Waals surface area contributed by atoms with E-state index in [9.17, 15) is 0 Å². The van der Waals surface area contributed by atoms with Gasteiger partial charge in [0.2, 0.25) is 0 Å². The Morgan fingerprint density at radius 1 is 0.306 bits per heavy atom. The lowest BCUT2D eigenvalue weighted by molar-refractivity contribution is 0.660. The van der Waals surface area contributed by atoms with Crippen molar-refractivity contribution in [2.24, 2.45) is 0 Å². The van der Waals surface area contributed by atoms with Crippen LogP contribution in [0.5, 0.6) is 0 Å². The van der Waals surface area contributed by atoms with Crippen molar-refractivity contribution in [2.45, 2.75) is 24.7 Å². The van der Waals surface area contributed by atoms with Crippen LogP contribution in [-0.4, -0.2) is 4.57 Å². The highest BCUT2D eigenvalue weighted by Gasteiger charge is 2.46. The molecule has 0 amide bonds. The van der Waals surface area contributed by atoms with Gasteiger partial charge in [-0.1, -0.05) is 220 Å². The van der Waals surface area contributed by atoms with Crippen LogP contribution >= 0.6 is 0 Å². The molecule has 2 aliphatic rings. The molecule has 0 saturated carbocycles. The van der Waals surface area contributed by atoms with E-state index in [4.69, 9.17) is 0 Å². The summed E-state index contributed by atoms with van der Waals surface area (Å²) in [5, 5.41) is 2.52. The number of hydrogen-bond donors (Lipinski definition) is 0. The predicted octanol–water partition coefficient (Wildman–Crippen LogP) is 18.3. The molecule has 1 aromatic heterocycles. The normalized spacial score (nSPS) is 13.6. The van der Waals surface area contributed by atoms with Crippen LogP contribution in [0.4, 0.5) is 17.1 Å². The maximum absolute atomic E-state index is 2.48. The lowest BCUT2D eigenvalue weighted by Crippen LogP contribution is -2.28. The Balaban J connectivity index is 0.883. The van der Waals surface area contributed by atoms with Gasteiger partial charge in [-0.25, -0.2) is 0 Å². The molecule has 0 N–H and O–H groups in total. The molecule has 11 aromatic carbocycles. The first-order valence-electron chi connectivity index (χ1n) is 25.2. The minimum atomic E-state index is -0.514. The first kappa shape index (κ1) is 41.9. The molecule has 14 rings (SSSR count). The third kappa shape index (κ3) is 6.28. The molecule has 12 aromatic rings. The van der Waals surface area contributed by atoms with Crippen LogP contribution in [0.2, 0.25) is 0 Å². The second kappa shape index (κ2) is 16.3. The molecule has 340 valence electrons. The number of rotatable bonds is 8. The van der Waals surface area contributed by atoms with Crippen molar-refractivity contribution >= 4 is 38.9 Å². The molecule has 0 atom stereocenters. The van der Waals surface area contributed by atoms with E-state index in [0.717, 1.165) is 22.7 Å². The zero-order chi connectivity index (χ0) is 48.0. The molecule has 2 nitrogen and oxygen atoms in total. The Bertz CT molecular complexity index is 3990. The fraction of sp³-hybridized carbons (Fsp3) is 0.0571. The third-order valence-electron chi connectivity index (χ3n) is 15.9. The van der Waals surface area contributed by atoms with Crippen LogP contribution in [0.25, 0.3) is 72.0 Å². The van der Waals surface area contributed by atoms with Gasteiger partial charge in [0.15, 0.2) is 0 Å². The largest absolute Gasteiger partial charge is 0.310 e. The number of aromatic nitrogens is 1. The van der Waals surface area contributed by atoms with Gasteiger partial charge in [0.25, 0.3) is 0 Å². The van der Waals surface area contributed by atoms with Gasteiger partial charge in [0.1, 0.15) is 0 Å². The maximum Gasteiger partial charge on any atom is 0.0714 e. The van der Waals surface area contributed by atoms with E-state index in [1.807, 2.05) is 0 Å². The van der Waals surface area contributed by atoms with Crippen LogP contribution in [-0.2, 0) is 10.8 Å². The van der Waals surface area contributed by atoms with Crippen molar-refractivity contribution < 1.29 is 0 Å². The van der Waals surface area contributed by atoms with Crippen LogP contribution in [0.15, 0.2) is 267 Å². The number of para-hydroxylation sites is 2. The summed E-state index contributed by atoms with van der Waals surface area (Å²) in [6.45, 7) is 4.74. The molecule has 0 radical (unpaired) electrons. The second-order valence-electron chi connectivity index (χ2n) is 20.0. The van der Waals surface area contributed by atoms with Crippen molar-refractivity contribution in [2.75, 3.05) is 4.90 Å².